The lowest BCUT2D eigenvalue weighted by Gasteiger charge is -2.36. The van der Waals surface area contributed by atoms with Crippen LogP contribution in [-0.4, -0.2) is 37.1 Å². The summed E-state index contributed by atoms with van der Waals surface area (Å²) in [5, 5.41) is 2.73. The van der Waals surface area contributed by atoms with Gasteiger partial charge in [-0.25, -0.2) is 0 Å². The van der Waals surface area contributed by atoms with Gasteiger partial charge in [0.25, 0.3) is 0 Å². The van der Waals surface area contributed by atoms with Gasteiger partial charge in [0.15, 0.2) is 0 Å². The summed E-state index contributed by atoms with van der Waals surface area (Å²) in [4.78, 5) is 13.5. The maximum absolute atomic E-state index is 11.2. The molecule has 1 amide bonds. The van der Waals surface area contributed by atoms with Gasteiger partial charge in [0.05, 0.1) is 12.2 Å². The number of hydrogen-bond donors (Lipinski definition) is 1. The molecule has 0 unspecified atom stereocenters. The van der Waals surface area contributed by atoms with Crippen LogP contribution < -0.4 is 10.2 Å². The number of nitrogens with zero attached hydrogens (tertiary/aromatic N) is 1. The van der Waals surface area contributed by atoms with Crippen molar-refractivity contribution in [3.63, 3.8) is 0 Å². The Morgan fingerprint density at radius 1 is 1.32 bits per heavy atom. The van der Waals surface area contributed by atoms with Crippen LogP contribution >= 0.6 is 11.6 Å². The molecule has 1 N–H and O–H groups in total. The Balaban J connectivity index is 2.03. The average Bonchev–Trinajstić information content (AvgIpc) is 2.38. The molecule has 5 heteroatoms. The Labute approximate surface area is 118 Å². The Hall–Kier alpha value is -1.26. The number of carbonyl (C=O) groups is 1. The molecule has 1 aliphatic rings. The van der Waals surface area contributed by atoms with Gasteiger partial charge >= 0.3 is 0 Å². The molecule has 1 fully saturated rings. The Morgan fingerprint density at radius 2 is 1.89 bits per heavy atom. The predicted molar refractivity (Wildman–Crippen MR) is 78.0 cm³/mol. The predicted octanol–water partition coefficient (Wildman–Crippen LogP) is 2.48. The van der Waals surface area contributed by atoms with E-state index in [0.29, 0.717) is 0 Å². The van der Waals surface area contributed by atoms with E-state index in [0.717, 1.165) is 24.5 Å². The van der Waals surface area contributed by atoms with Crippen molar-refractivity contribution >= 4 is 28.9 Å². The maximum Gasteiger partial charge on any atom is 0.239 e. The molecule has 0 aromatic heterocycles. The fraction of sp³-hybridized carbons (Fsp3) is 0.500. The third kappa shape index (κ3) is 3.85. The molecule has 1 aliphatic heterocycles. The van der Waals surface area contributed by atoms with Gasteiger partial charge in [-0.1, -0.05) is 0 Å². The van der Waals surface area contributed by atoms with Gasteiger partial charge < -0.3 is 15.0 Å². The van der Waals surface area contributed by atoms with Crippen LogP contribution in [-0.2, 0) is 9.53 Å². The first-order valence-corrected chi connectivity index (χ1v) is 6.98. The van der Waals surface area contributed by atoms with Crippen molar-refractivity contribution in [1.82, 2.24) is 0 Å². The van der Waals surface area contributed by atoms with E-state index in [2.05, 4.69) is 24.1 Å². The van der Waals surface area contributed by atoms with Crippen LogP contribution in [0.25, 0.3) is 0 Å². The smallest absolute Gasteiger partial charge is 0.239 e. The summed E-state index contributed by atoms with van der Waals surface area (Å²) in [7, 11) is 0. The van der Waals surface area contributed by atoms with E-state index < -0.39 is 0 Å². The molecule has 1 saturated heterocycles. The van der Waals surface area contributed by atoms with Crippen LogP contribution in [0.3, 0.4) is 0 Å². The molecule has 0 spiro atoms. The second-order valence-electron chi connectivity index (χ2n) is 4.89. The van der Waals surface area contributed by atoms with Crippen molar-refractivity contribution in [1.29, 1.82) is 0 Å². The normalized spacial score (nSPS) is 23.2. The molecule has 4 nitrogen and oxygen atoms in total. The molecule has 0 radical (unpaired) electrons. The van der Waals surface area contributed by atoms with Crippen molar-refractivity contribution in [2.24, 2.45) is 0 Å². The van der Waals surface area contributed by atoms with Gasteiger partial charge in [0.2, 0.25) is 5.91 Å². The minimum Gasteiger partial charge on any atom is -0.372 e. The number of nitrogens with one attached hydrogen (secondary N) is 1. The van der Waals surface area contributed by atoms with Gasteiger partial charge in [-0.05, 0) is 38.1 Å². The van der Waals surface area contributed by atoms with Crippen molar-refractivity contribution in [2.45, 2.75) is 26.1 Å². The van der Waals surface area contributed by atoms with Crippen LogP contribution in [0.5, 0.6) is 0 Å². The minimum atomic E-state index is -0.192. The maximum atomic E-state index is 11.2. The lowest BCUT2D eigenvalue weighted by molar-refractivity contribution is -0.113. The molecule has 1 aromatic rings. The highest BCUT2D eigenvalue weighted by Gasteiger charge is 2.22. The highest BCUT2D eigenvalue weighted by Crippen LogP contribution is 2.22. The zero-order chi connectivity index (χ0) is 13.8. The molecule has 0 saturated carbocycles. The number of hydrogen-bond acceptors (Lipinski definition) is 3. The number of rotatable bonds is 3. The molecule has 0 aliphatic carbocycles. The fourth-order valence-electron chi connectivity index (χ4n) is 2.34. The summed E-state index contributed by atoms with van der Waals surface area (Å²) in [5.74, 6) is -0.219. The first-order valence-electron chi connectivity index (χ1n) is 6.44. The molecule has 2 atom stereocenters. The summed E-state index contributed by atoms with van der Waals surface area (Å²) in [6.45, 7) is 5.94. The SMILES string of the molecule is C[C@H]1CN(c2ccc(NC(=O)CCl)cc2)C[C@H](C)O1. The van der Waals surface area contributed by atoms with E-state index in [1.807, 2.05) is 24.3 Å². The van der Waals surface area contributed by atoms with E-state index in [1.165, 1.54) is 0 Å². The first kappa shape index (κ1) is 14.2. The number of amides is 1. The second kappa shape index (κ2) is 6.26. The average molecular weight is 283 g/mol. The van der Waals surface area contributed by atoms with Crippen molar-refractivity contribution in [3.05, 3.63) is 24.3 Å². The molecule has 0 bridgehead atoms. The van der Waals surface area contributed by atoms with E-state index in [4.69, 9.17) is 16.3 Å². The molecule has 19 heavy (non-hydrogen) atoms. The van der Waals surface area contributed by atoms with E-state index >= 15 is 0 Å². The molecular formula is C14H19ClN2O2. The molecule has 1 heterocycles. The van der Waals surface area contributed by atoms with E-state index in [-0.39, 0.29) is 24.0 Å². The summed E-state index contributed by atoms with van der Waals surface area (Å²) < 4.78 is 5.72. The van der Waals surface area contributed by atoms with Crippen molar-refractivity contribution in [2.75, 3.05) is 29.2 Å². The van der Waals surface area contributed by atoms with E-state index in [1.54, 1.807) is 0 Å². The Bertz CT molecular complexity index is 426. The third-order valence-corrected chi connectivity index (χ3v) is 3.30. The standard InChI is InChI=1S/C14H19ClN2O2/c1-10-8-17(9-11(2)19-10)13-5-3-12(4-6-13)16-14(18)7-15/h3-6,10-11H,7-9H2,1-2H3,(H,16,18)/t10-,11-/m0/s1. The number of halogens is 1. The van der Waals surface area contributed by atoms with Crippen LogP contribution in [0.1, 0.15) is 13.8 Å². The Morgan fingerprint density at radius 3 is 2.42 bits per heavy atom. The largest absolute Gasteiger partial charge is 0.372 e. The van der Waals surface area contributed by atoms with Gasteiger partial charge in [0, 0.05) is 24.5 Å². The first-order chi connectivity index (χ1) is 9.08. The van der Waals surface area contributed by atoms with Gasteiger partial charge in [0.1, 0.15) is 5.88 Å². The number of carbonyl (C=O) groups excluding carboxylic acids is 1. The van der Waals surface area contributed by atoms with Gasteiger partial charge in [-0.2, -0.15) is 0 Å². The number of morpholine rings is 1. The molecular weight excluding hydrogens is 264 g/mol. The van der Waals surface area contributed by atoms with Crippen LogP contribution in [0.15, 0.2) is 24.3 Å². The quantitative estimate of drug-likeness (QED) is 0.866. The molecule has 1 aromatic carbocycles. The zero-order valence-electron chi connectivity index (χ0n) is 11.2. The zero-order valence-corrected chi connectivity index (χ0v) is 12.0. The topological polar surface area (TPSA) is 41.6 Å². The monoisotopic (exact) mass is 282 g/mol. The highest BCUT2D eigenvalue weighted by molar-refractivity contribution is 6.29. The number of ether oxygens (including phenoxy) is 1. The molecule has 2 rings (SSSR count). The number of alkyl halides is 1. The van der Waals surface area contributed by atoms with Gasteiger partial charge in [-0.3, -0.25) is 4.79 Å². The van der Waals surface area contributed by atoms with Crippen LogP contribution in [0.4, 0.5) is 11.4 Å². The third-order valence-electron chi connectivity index (χ3n) is 3.06. The lowest BCUT2D eigenvalue weighted by atomic mass is 10.2. The van der Waals surface area contributed by atoms with Gasteiger partial charge in [-0.15, -0.1) is 11.6 Å². The lowest BCUT2D eigenvalue weighted by Crippen LogP contribution is -2.45. The van der Waals surface area contributed by atoms with E-state index in [9.17, 15) is 4.79 Å². The Kier molecular flexibility index (Phi) is 4.66. The summed E-state index contributed by atoms with van der Waals surface area (Å²) in [6.07, 6.45) is 0.471. The fourth-order valence-corrected chi connectivity index (χ4v) is 2.41. The number of benzene rings is 1. The highest BCUT2D eigenvalue weighted by atomic mass is 35.5. The second-order valence-corrected chi connectivity index (χ2v) is 5.16. The van der Waals surface area contributed by atoms with Crippen molar-refractivity contribution in [3.8, 4) is 0 Å². The summed E-state index contributed by atoms with van der Waals surface area (Å²) >= 11 is 5.45. The number of anilines is 2. The van der Waals surface area contributed by atoms with Crippen LogP contribution in [0.2, 0.25) is 0 Å². The van der Waals surface area contributed by atoms with Crippen LogP contribution in [0, 0.1) is 0 Å². The van der Waals surface area contributed by atoms with Crippen molar-refractivity contribution < 1.29 is 9.53 Å². The summed E-state index contributed by atoms with van der Waals surface area (Å²) in [6, 6.07) is 7.80. The summed E-state index contributed by atoms with van der Waals surface area (Å²) in [5.41, 5.74) is 1.91. The molecule has 104 valence electrons. The minimum absolute atomic E-state index is 0.0275.